The van der Waals surface area contributed by atoms with E-state index >= 15 is 0 Å². The molecule has 218 valence electrons. The summed E-state index contributed by atoms with van der Waals surface area (Å²) in [6.07, 6.45) is 1.06. The molecule has 1 aliphatic heterocycles. The van der Waals surface area contributed by atoms with Crippen LogP contribution in [0.2, 0.25) is 5.02 Å². The highest BCUT2D eigenvalue weighted by Gasteiger charge is 2.31. The number of hydrogen-bond acceptors (Lipinski definition) is 10. The Morgan fingerprint density at radius 3 is 2.29 bits per heavy atom. The molecule has 1 aliphatic rings. The van der Waals surface area contributed by atoms with Crippen LogP contribution in [0, 0.1) is 22.7 Å². The molecule has 0 aliphatic carbocycles. The first kappa shape index (κ1) is 28.5. The van der Waals surface area contributed by atoms with Gasteiger partial charge in [-0.05, 0) is 42.5 Å². The van der Waals surface area contributed by atoms with Crippen molar-refractivity contribution in [3.63, 3.8) is 0 Å². The summed E-state index contributed by atoms with van der Waals surface area (Å²) in [5, 5.41) is 26.6. The molecular formula is C32H19ClN8O4. The van der Waals surface area contributed by atoms with Crippen LogP contribution < -0.4 is 32.8 Å². The first-order valence-corrected chi connectivity index (χ1v) is 13.6. The van der Waals surface area contributed by atoms with Gasteiger partial charge in [0.15, 0.2) is 5.82 Å². The second-order valence-corrected chi connectivity index (χ2v) is 10.0. The van der Waals surface area contributed by atoms with Gasteiger partial charge in [-0.2, -0.15) is 15.2 Å². The molecule has 0 spiro atoms. The van der Waals surface area contributed by atoms with Gasteiger partial charge in [-0.1, -0.05) is 48.0 Å². The van der Waals surface area contributed by atoms with Gasteiger partial charge in [0.05, 0.1) is 10.9 Å². The zero-order chi connectivity index (χ0) is 31.7. The molecule has 0 saturated heterocycles. The van der Waals surface area contributed by atoms with Gasteiger partial charge in [0.25, 0.3) is 11.5 Å². The predicted molar refractivity (Wildman–Crippen MR) is 169 cm³/mol. The second-order valence-electron chi connectivity index (χ2n) is 9.60. The van der Waals surface area contributed by atoms with Gasteiger partial charge in [0.2, 0.25) is 5.43 Å². The molecule has 5 aromatic rings. The van der Waals surface area contributed by atoms with Crippen LogP contribution in [0.25, 0.3) is 22.1 Å². The van der Waals surface area contributed by atoms with Crippen molar-refractivity contribution in [1.82, 2.24) is 4.68 Å². The fourth-order valence-electron chi connectivity index (χ4n) is 4.79. The van der Waals surface area contributed by atoms with E-state index in [2.05, 4.69) is 21.1 Å². The van der Waals surface area contributed by atoms with E-state index in [0.717, 1.165) is 10.9 Å². The maximum Gasteiger partial charge on any atom is 0.289 e. The second kappa shape index (κ2) is 11.6. The molecule has 0 fully saturated rings. The maximum absolute atomic E-state index is 13.9. The molecule has 12 nitrogen and oxygen atoms in total. The first-order chi connectivity index (χ1) is 21.8. The molecule has 0 saturated carbocycles. The van der Waals surface area contributed by atoms with E-state index in [9.17, 15) is 24.9 Å². The summed E-state index contributed by atoms with van der Waals surface area (Å²) in [6.45, 7) is 0. The maximum atomic E-state index is 13.9. The van der Waals surface area contributed by atoms with Crippen LogP contribution in [-0.4, -0.2) is 16.4 Å². The summed E-state index contributed by atoms with van der Waals surface area (Å²) in [4.78, 5) is 45.5. The number of nitrogens with zero attached hydrogens (tertiary/aromatic N) is 4. The van der Waals surface area contributed by atoms with Crippen LogP contribution in [0.1, 0.15) is 11.1 Å². The normalized spacial score (nSPS) is 12.2. The number of amidine groups is 1. The van der Waals surface area contributed by atoms with Crippen LogP contribution >= 0.6 is 11.6 Å². The fraction of sp³-hybridized carbons (Fsp3) is 0. The summed E-state index contributed by atoms with van der Waals surface area (Å²) in [7, 11) is 0. The van der Waals surface area contributed by atoms with Crippen molar-refractivity contribution in [2.24, 2.45) is 10.7 Å². The van der Waals surface area contributed by atoms with Crippen molar-refractivity contribution >= 4 is 51.5 Å². The molecular weight excluding hydrogens is 596 g/mol. The highest BCUT2D eigenvalue weighted by atomic mass is 35.5. The quantitative estimate of drug-likeness (QED) is 0.220. The Labute approximate surface area is 258 Å². The van der Waals surface area contributed by atoms with Crippen LogP contribution in [0.15, 0.2) is 116 Å². The van der Waals surface area contributed by atoms with Crippen molar-refractivity contribution in [3.8, 4) is 23.3 Å². The van der Waals surface area contributed by atoms with E-state index in [1.165, 1.54) is 18.2 Å². The number of halogens is 1. The molecule has 2 aromatic heterocycles. The molecule has 3 aromatic carbocycles. The van der Waals surface area contributed by atoms with Crippen LogP contribution in [-0.2, 0) is 4.79 Å². The van der Waals surface area contributed by atoms with Gasteiger partial charge in [-0.15, -0.1) is 0 Å². The average molecular weight is 615 g/mol. The number of amides is 1. The lowest BCUT2D eigenvalue weighted by molar-refractivity contribution is -0.112. The van der Waals surface area contributed by atoms with Crippen molar-refractivity contribution < 1.29 is 9.21 Å². The summed E-state index contributed by atoms with van der Waals surface area (Å²) in [5.41, 5.74) is 7.13. The number of hydrogen-bond donors (Lipinski definition) is 4. The Bertz CT molecular complexity index is 2300. The SMILES string of the molecule is N#Cc1c(-c2coc3ccc(Cl)cc3c2=O)c(C#N)c(=O)n2c1N=C(N)C(C(=O)Nc1ccccc1)=C(Nc1ccccc1)N2. The zero-order valence-electron chi connectivity index (χ0n) is 23.0. The third kappa shape index (κ3) is 5.14. The Kier molecular flexibility index (Phi) is 7.32. The lowest BCUT2D eigenvalue weighted by Crippen LogP contribution is -2.35. The smallest absolute Gasteiger partial charge is 0.289 e. The van der Waals surface area contributed by atoms with Crippen LogP contribution in [0.5, 0.6) is 0 Å². The number of aliphatic imine (C=N–C) groups is 1. The average Bonchev–Trinajstić information content (AvgIpc) is 3.18. The van der Waals surface area contributed by atoms with Crippen molar-refractivity contribution in [3.05, 3.63) is 133 Å². The van der Waals surface area contributed by atoms with E-state index in [1.807, 2.05) is 12.1 Å². The van der Waals surface area contributed by atoms with Gasteiger partial charge < -0.3 is 20.8 Å². The Hall–Kier alpha value is -6.63. The zero-order valence-corrected chi connectivity index (χ0v) is 23.7. The number of anilines is 2. The van der Waals surface area contributed by atoms with Gasteiger partial charge in [0.1, 0.15) is 52.3 Å². The van der Waals surface area contributed by atoms with Gasteiger partial charge in [-0.25, -0.2) is 4.99 Å². The molecule has 3 heterocycles. The number of nitrogens with one attached hydrogen (secondary N) is 3. The number of nitrogens with two attached hydrogens (primary N) is 1. The van der Waals surface area contributed by atoms with E-state index in [1.54, 1.807) is 60.7 Å². The number of carbonyl (C=O) groups is 1. The Morgan fingerprint density at radius 2 is 1.62 bits per heavy atom. The van der Waals surface area contributed by atoms with Crippen molar-refractivity contribution in [1.29, 1.82) is 10.5 Å². The third-order valence-electron chi connectivity index (χ3n) is 6.84. The van der Waals surface area contributed by atoms with Gasteiger partial charge in [-0.3, -0.25) is 19.8 Å². The fourth-order valence-corrected chi connectivity index (χ4v) is 4.97. The molecule has 13 heteroatoms. The first-order valence-electron chi connectivity index (χ1n) is 13.2. The molecule has 0 radical (unpaired) electrons. The predicted octanol–water partition coefficient (Wildman–Crippen LogP) is 4.53. The molecule has 0 atom stereocenters. The topological polar surface area (TPSA) is 191 Å². The largest absolute Gasteiger partial charge is 0.463 e. The number of para-hydroxylation sites is 2. The van der Waals surface area contributed by atoms with E-state index in [0.29, 0.717) is 11.4 Å². The van der Waals surface area contributed by atoms with Gasteiger partial charge in [0, 0.05) is 22.0 Å². The molecule has 0 bridgehead atoms. The summed E-state index contributed by atoms with van der Waals surface area (Å²) >= 11 is 6.10. The van der Waals surface area contributed by atoms with Crippen LogP contribution in [0.4, 0.5) is 17.2 Å². The highest BCUT2D eigenvalue weighted by molar-refractivity contribution is 6.31. The minimum Gasteiger partial charge on any atom is -0.463 e. The van der Waals surface area contributed by atoms with Gasteiger partial charge >= 0.3 is 0 Å². The summed E-state index contributed by atoms with van der Waals surface area (Å²) < 4.78 is 6.44. The Balaban J connectivity index is 1.60. The standard InChI is InChI=1S/C32H19ClN8O4/c33-17-11-12-24-20(13-17)27(42)23(16-45-24)25-21(14-34)30-39-28(36)26(31(43)38-19-9-5-2-6-10-19)29(37-18-7-3-1-4-8-18)40-41(30)32(44)22(25)15-35/h1-13,16,37,40H,(H2,36,39)(H,38,43). The molecule has 45 heavy (non-hydrogen) atoms. The Morgan fingerprint density at radius 1 is 0.956 bits per heavy atom. The number of pyridine rings is 1. The minimum atomic E-state index is -0.972. The molecule has 1 amide bonds. The summed E-state index contributed by atoms with van der Waals surface area (Å²) in [6, 6.07) is 25.4. The number of fused-ring (bicyclic) bond motifs is 2. The highest BCUT2D eigenvalue weighted by Crippen LogP contribution is 2.33. The van der Waals surface area contributed by atoms with Crippen molar-refractivity contribution in [2.75, 3.05) is 16.1 Å². The monoisotopic (exact) mass is 614 g/mol. The number of carbonyl (C=O) groups excluding carboxylic acids is 1. The van der Waals surface area contributed by atoms with Crippen LogP contribution in [0.3, 0.4) is 0 Å². The van der Waals surface area contributed by atoms with E-state index in [4.69, 9.17) is 21.8 Å². The lowest BCUT2D eigenvalue weighted by Gasteiger charge is -2.19. The summed E-state index contributed by atoms with van der Waals surface area (Å²) in [5.74, 6) is -1.49. The number of benzene rings is 3. The van der Waals surface area contributed by atoms with E-state index in [-0.39, 0.29) is 55.7 Å². The lowest BCUT2D eigenvalue weighted by atomic mass is 9.96. The number of aromatic nitrogens is 1. The number of rotatable bonds is 5. The van der Waals surface area contributed by atoms with Crippen molar-refractivity contribution in [2.45, 2.75) is 0 Å². The molecule has 5 N–H and O–H groups in total. The molecule has 0 unspecified atom stereocenters. The third-order valence-corrected chi connectivity index (χ3v) is 7.07. The minimum absolute atomic E-state index is 0.0693. The number of nitriles is 2. The molecule has 6 rings (SSSR count). The van der Waals surface area contributed by atoms with E-state index < -0.39 is 22.5 Å².